The normalized spacial score (nSPS) is 19.1. The second-order valence-electron chi connectivity index (χ2n) is 9.54. The summed E-state index contributed by atoms with van der Waals surface area (Å²) >= 11 is 0. The van der Waals surface area contributed by atoms with Crippen molar-refractivity contribution in [3.63, 3.8) is 0 Å². The van der Waals surface area contributed by atoms with E-state index in [0.29, 0.717) is 35.5 Å². The maximum absolute atomic E-state index is 12.9. The first-order chi connectivity index (χ1) is 17.3. The Bertz CT molecular complexity index is 1370. The van der Waals surface area contributed by atoms with E-state index in [1.54, 1.807) is 48.5 Å². The van der Waals surface area contributed by atoms with Crippen molar-refractivity contribution in [1.29, 1.82) is 0 Å². The third kappa shape index (κ3) is 4.42. The number of imide groups is 1. The van der Waals surface area contributed by atoms with Crippen molar-refractivity contribution in [3.05, 3.63) is 95.1 Å². The molecule has 6 heteroatoms. The van der Waals surface area contributed by atoms with Gasteiger partial charge < -0.3 is 10.1 Å². The summed E-state index contributed by atoms with van der Waals surface area (Å²) < 4.78 is 5.98. The van der Waals surface area contributed by atoms with Gasteiger partial charge in [-0.2, -0.15) is 0 Å². The quantitative estimate of drug-likeness (QED) is 0.349. The van der Waals surface area contributed by atoms with Crippen LogP contribution < -0.4 is 15.0 Å². The number of rotatable bonds is 5. The molecule has 1 N–H and O–H groups in total. The molecule has 2 aliphatic rings. The highest BCUT2D eigenvalue weighted by molar-refractivity contribution is 6.22. The molecule has 1 aliphatic carbocycles. The predicted molar refractivity (Wildman–Crippen MR) is 139 cm³/mol. The number of hydrogen-bond acceptors (Lipinski definition) is 4. The van der Waals surface area contributed by atoms with Gasteiger partial charge in [0.25, 0.3) is 5.91 Å². The van der Waals surface area contributed by atoms with Crippen LogP contribution in [-0.2, 0) is 9.59 Å². The monoisotopic (exact) mass is 480 g/mol. The number of anilines is 2. The Hall–Kier alpha value is -4.19. The molecule has 1 heterocycles. The minimum absolute atomic E-state index is 0.155. The molecule has 0 bridgehead atoms. The lowest BCUT2D eigenvalue weighted by Gasteiger charge is -2.18. The number of aryl methyl sites for hydroxylation is 1. The molecule has 3 aromatic rings. The predicted octanol–water partition coefficient (Wildman–Crippen LogP) is 6.19. The number of nitrogens with zero attached hydrogens (tertiary/aromatic N) is 1. The topological polar surface area (TPSA) is 75.7 Å². The second-order valence-corrected chi connectivity index (χ2v) is 9.54. The molecular weight excluding hydrogens is 452 g/mol. The van der Waals surface area contributed by atoms with Crippen LogP contribution in [0.3, 0.4) is 0 Å². The molecule has 0 spiro atoms. The number of benzene rings is 3. The molecule has 1 fully saturated rings. The largest absolute Gasteiger partial charge is 0.457 e. The van der Waals surface area contributed by atoms with E-state index in [-0.39, 0.29) is 29.6 Å². The Morgan fingerprint density at radius 1 is 0.889 bits per heavy atom. The molecule has 2 atom stereocenters. The van der Waals surface area contributed by atoms with E-state index in [1.807, 2.05) is 45.0 Å². The number of hydrogen-bond donors (Lipinski definition) is 1. The molecule has 36 heavy (non-hydrogen) atoms. The summed E-state index contributed by atoms with van der Waals surface area (Å²) in [4.78, 5) is 39.9. The van der Waals surface area contributed by atoms with Crippen LogP contribution in [0.1, 0.15) is 41.3 Å². The lowest BCUT2D eigenvalue weighted by atomic mass is 9.82. The summed E-state index contributed by atoms with van der Waals surface area (Å²) in [5, 5.41) is 2.87. The molecule has 6 nitrogen and oxygen atoms in total. The number of fused-ring (bicyclic) bond motifs is 1. The maximum atomic E-state index is 12.9. The van der Waals surface area contributed by atoms with Gasteiger partial charge >= 0.3 is 0 Å². The van der Waals surface area contributed by atoms with Gasteiger partial charge in [-0.1, -0.05) is 23.8 Å². The highest BCUT2D eigenvalue weighted by Gasteiger charge is 2.48. The van der Waals surface area contributed by atoms with Crippen molar-refractivity contribution in [1.82, 2.24) is 0 Å². The molecule has 3 amide bonds. The van der Waals surface area contributed by atoms with Crippen LogP contribution in [0, 0.1) is 25.7 Å². The standard InChI is InChI=1S/C30H28N2O4/c1-18-7-16-25-26(17-18)30(35)32(29(25)34)23-12-8-21(9-13-23)28(33)31-22-10-14-24(15-11-22)36-27-6-4-5-19(2)20(27)3/h4-15,25-26H,16-17H2,1-3H3,(H,31,33)/t25-,26-/m0/s1. The number of nitrogens with one attached hydrogen (secondary N) is 1. The zero-order valence-electron chi connectivity index (χ0n) is 20.6. The van der Waals surface area contributed by atoms with Gasteiger partial charge in [-0.15, -0.1) is 0 Å². The molecule has 3 aromatic carbocycles. The molecule has 182 valence electrons. The Kier molecular flexibility index (Phi) is 6.18. The summed E-state index contributed by atoms with van der Waals surface area (Å²) in [6.07, 6.45) is 3.28. The van der Waals surface area contributed by atoms with Crippen molar-refractivity contribution in [2.24, 2.45) is 11.8 Å². The van der Waals surface area contributed by atoms with Gasteiger partial charge in [-0.25, -0.2) is 0 Å². The van der Waals surface area contributed by atoms with E-state index in [1.165, 1.54) is 4.90 Å². The minimum atomic E-state index is -0.286. The number of allylic oxidation sites excluding steroid dienone is 2. The van der Waals surface area contributed by atoms with Crippen molar-refractivity contribution in [2.45, 2.75) is 33.6 Å². The van der Waals surface area contributed by atoms with Crippen molar-refractivity contribution in [3.8, 4) is 11.5 Å². The van der Waals surface area contributed by atoms with Crippen molar-refractivity contribution in [2.75, 3.05) is 10.2 Å². The first-order valence-electron chi connectivity index (χ1n) is 12.1. The van der Waals surface area contributed by atoms with Gasteiger partial charge in [0.2, 0.25) is 11.8 Å². The van der Waals surface area contributed by atoms with Crippen LogP contribution >= 0.6 is 0 Å². The van der Waals surface area contributed by atoms with E-state index >= 15 is 0 Å². The summed E-state index contributed by atoms with van der Waals surface area (Å²) in [5.74, 6) is 0.312. The van der Waals surface area contributed by atoms with Gasteiger partial charge in [0.05, 0.1) is 17.5 Å². The number of carbonyl (C=O) groups is 3. The molecule has 5 rings (SSSR count). The Morgan fingerprint density at radius 3 is 2.31 bits per heavy atom. The Morgan fingerprint density at radius 2 is 1.58 bits per heavy atom. The highest BCUT2D eigenvalue weighted by atomic mass is 16.5. The van der Waals surface area contributed by atoms with Crippen LogP contribution in [0.2, 0.25) is 0 Å². The first kappa shape index (κ1) is 23.5. The Balaban J connectivity index is 1.24. The number of amides is 3. The van der Waals surface area contributed by atoms with Crippen LogP contribution in [-0.4, -0.2) is 17.7 Å². The molecule has 1 aliphatic heterocycles. The van der Waals surface area contributed by atoms with Crippen molar-refractivity contribution >= 4 is 29.1 Å². The SMILES string of the molecule is CC1=CC[C@@H]2C(=O)N(c3ccc(C(=O)Nc4ccc(Oc5cccc(C)c5C)cc4)cc3)C(=O)[C@H]2C1. The lowest BCUT2D eigenvalue weighted by molar-refractivity contribution is -0.122. The number of carbonyl (C=O) groups excluding carboxylic acids is 3. The third-order valence-electron chi connectivity index (χ3n) is 7.11. The van der Waals surface area contributed by atoms with Gasteiger partial charge in [-0.05, 0) is 99.3 Å². The van der Waals surface area contributed by atoms with Crippen molar-refractivity contribution < 1.29 is 19.1 Å². The van der Waals surface area contributed by atoms with E-state index in [4.69, 9.17) is 4.74 Å². The lowest BCUT2D eigenvalue weighted by Crippen LogP contribution is -2.30. The molecule has 1 saturated heterocycles. The van der Waals surface area contributed by atoms with Crippen LogP contribution in [0.4, 0.5) is 11.4 Å². The van der Waals surface area contributed by atoms with Gasteiger partial charge in [-0.3, -0.25) is 19.3 Å². The minimum Gasteiger partial charge on any atom is -0.457 e. The fourth-order valence-electron chi connectivity index (χ4n) is 4.83. The third-order valence-corrected chi connectivity index (χ3v) is 7.11. The fourth-order valence-corrected chi connectivity index (χ4v) is 4.83. The van der Waals surface area contributed by atoms with E-state index in [9.17, 15) is 14.4 Å². The maximum Gasteiger partial charge on any atom is 0.255 e. The van der Waals surface area contributed by atoms with Crippen LogP contribution in [0.15, 0.2) is 78.4 Å². The first-order valence-corrected chi connectivity index (χ1v) is 12.1. The number of ether oxygens (including phenoxy) is 1. The van der Waals surface area contributed by atoms with Gasteiger partial charge in [0, 0.05) is 11.3 Å². The smallest absolute Gasteiger partial charge is 0.255 e. The van der Waals surface area contributed by atoms with E-state index in [2.05, 4.69) is 5.32 Å². The highest BCUT2D eigenvalue weighted by Crippen LogP contribution is 2.39. The average molecular weight is 481 g/mol. The zero-order chi connectivity index (χ0) is 25.4. The molecule has 0 unspecified atom stereocenters. The van der Waals surface area contributed by atoms with E-state index < -0.39 is 0 Å². The fraction of sp³-hybridized carbons (Fsp3) is 0.233. The van der Waals surface area contributed by atoms with Gasteiger partial charge in [0.1, 0.15) is 11.5 Å². The zero-order valence-corrected chi connectivity index (χ0v) is 20.6. The summed E-state index contributed by atoms with van der Waals surface area (Å²) in [6.45, 7) is 6.06. The molecule has 0 saturated carbocycles. The van der Waals surface area contributed by atoms with Crippen LogP contribution in [0.25, 0.3) is 0 Å². The summed E-state index contributed by atoms with van der Waals surface area (Å²) in [7, 11) is 0. The van der Waals surface area contributed by atoms with E-state index in [0.717, 1.165) is 22.4 Å². The van der Waals surface area contributed by atoms with Crippen LogP contribution in [0.5, 0.6) is 11.5 Å². The summed E-state index contributed by atoms with van der Waals surface area (Å²) in [5.41, 5.74) is 4.96. The molecule has 0 aromatic heterocycles. The second kappa shape index (κ2) is 9.46. The summed E-state index contributed by atoms with van der Waals surface area (Å²) in [6, 6.07) is 19.7. The molecular formula is C30H28N2O4. The average Bonchev–Trinajstić information content (AvgIpc) is 3.12. The van der Waals surface area contributed by atoms with Gasteiger partial charge in [0.15, 0.2) is 0 Å². The Labute approximate surface area is 210 Å². The molecule has 0 radical (unpaired) electrons.